The molecule has 6 atom stereocenters. The Labute approximate surface area is 112 Å². The van der Waals surface area contributed by atoms with Gasteiger partial charge in [0.2, 0.25) is 0 Å². The Balaban J connectivity index is 1.91. The van der Waals surface area contributed by atoms with Crippen molar-refractivity contribution in [2.75, 3.05) is 19.6 Å². The summed E-state index contributed by atoms with van der Waals surface area (Å²) in [6.45, 7) is 11.9. The number of nitrogens with zero attached hydrogens (tertiary/aromatic N) is 1. The minimum atomic E-state index is -0.114. The molecule has 18 heavy (non-hydrogen) atoms. The Hall–Kier alpha value is -0.120. The van der Waals surface area contributed by atoms with Crippen LogP contribution in [0.3, 0.4) is 0 Å². The van der Waals surface area contributed by atoms with Crippen LogP contribution in [-0.4, -0.2) is 48.0 Å². The first kappa shape index (κ1) is 14.3. The Morgan fingerprint density at radius 3 is 2.22 bits per heavy atom. The summed E-state index contributed by atoms with van der Waals surface area (Å²) in [6, 6.07) is 0. The van der Waals surface area contributed by atoms with Crippen molar-refractivity contribution in [3.8, 4) is 0 Å². The number of ether oxygens (including phenoxy) is 1. The van der Waals surface area contributed by atoms with Gasteiger partial charge in [-0.15, -0.1) is 0 Å². The summed E-state index contributed by atoms with van der Waals surface area (Å²) < 4.78 is 5.77. The van der Waals surface area contributed by atoms with Gasteiger partial charge in [0.1, 0.15) is 0 Å². The van der Waals surface area contributed by atoms with Crippen molar-refractivity contribution in [1.29, 1.82) is 0 Å². The average molecular weight is 255 g/mol. The predicted molar refractivity (Wildman–Crippen MR) is 73.5 cm³/mol. The highest BCUT2D eigenvalue weighted by Gasteiger charge is 2.35. The molecule has 1 N–H and O–H groups in total. The third-order valence-electron chi connectivity index (χ3n) is 4.61. The fourth-order valence-electron chi connectivity index (χ4n) is 3.91. The lowest BCUT2D eigenvalue weighted by atomic mass is 9.73. The summed E-state index contributed by atoms with van der Waals surface area (Å²) in [5.74, 6) is 1.75. The maximum atomic E-state index is 10.3. The van der Waals surface area contributed by atoms with Crippen molar-refractivity contribution in [3.05, 3.63) is 0 Å². The van der Waals surface area contributed by atoms with Crippen LogP contribution >= 0.6 is 0 Å². The normalized spacial score (nSPS) is 47.2. The molecule has 106 valence electrons. The van der Waals surface area contributed by atoms with Crippen LogP contribution in [0, 0.1) is 17.8 Å². The van der Waals surface area contributed by atoms with Crippen LogP contribution in [-0.2, 0) is 4.74 Å². The highest BCUT2D eigenvalue weighted by molar-refractivity contribution is 4.86. The molecule has 1 saturated carbocycles. The van der Waals surface area contributed by atoms with Gasteiger partial charge in [-0.3, -0.25) is 4.90 Å². The molecule has 2 rings (SSSR count). The Morgan fingerprint density at radius 1 is 1.06 bits per heavy atom. The summed E-state index contributed by atoms with van der Waals surface area (Å²) in [4.78, 5) is 2.49. The summed E-state index contributed by atoms with van der Waals surface area (Å²) in [5, 5.41) is 10.3. The molecule has 0 aromatic carbocycles. The predicted octanol–water partition coefficient (Wildman–Crippen LogP) is 2.14. The zero-order valence-corrected chi connectivity index (χ0v) is 12.3. The van der Waals surface area contributed by atoms with E-state index in [9.17, 15) is 5.11 Å². The van der Waals surface area contributed by atoms with Gasteiger partial charge >= 0.3 is 0 Å². The number of hydrogen-bond donors (Lipinski definition) is 1. The number of aliphatic hydroxyl groups excluding tert-OH is 1. The maximum Gasteiger partial charge on any atom is 0.0678 e. The van der Waals surface area contributed by atoms with E-state index in [2.05, 4.69) is 32.6 Å². The molecule has 2 aliphatic rings. The van der Waals surface area contributed by atoms with Gasteiger partial charge in [-0.1, -0.05) is 13.8 Å². The lowest BCUT2D eigenvalue weighted by molar-refractivity contribution is -0.0851. The highest BCUT2D eigenvalue weighted by Crippen LogP contribution is 2.34. The topological polar surface area (TPSA) is 32.7 Å². The Kier molecular flexibility index (Phi) is 4.68. The van der Waals surface area contributed by atoms with E-state index in [-0.39, 0.29) is 6.10 Å². The van der Waals surface area contributed by atoms with Crippen LogP contribution in [0.1, 0.15) is 40.5 Å². The van der Waals surface area contributed by atoms with Crippen LogP contribution in [0.4, 0.5) is 0 Å². The summed E-state index contributed by atoms with van der Waals surface area (Å²) in [7, 11) is 0. The third kappa shape index (κ3) is 3.46. The molecule has 0 spiro atoms. The Bertz CT molecular complexity index is 249. The smallest absolute Gasteiger partial charge is 0.0678 e. The lowest BCUT2D eigenvalue weighted by Gasteiger charge is -2.42. The molecule has 0 aromatic heterocycles. The monoisotopic (exact) mass is 255 g/mol. The highest BCUT2D eigenvalue weighted by atomic mass is 16.5. The van der Waals surface area contributed by atoms with E-state index in [4.69, 9.17) is 4.74 Å². The summed E-state index contributed by atoms with van der Waals surface area (Å²) in [6.07, 6.45) is 2.77. The van der Waals surface area contributed by atoms with Gasteiger partial charge in [-0.2, -0.15) is 0 Å². The molecule has 1 heterocycles. The fraction of sp³-hybridized carbons (Fsp3) is 1.00. The number of rotatable bonds is 2. The fourth-order valence-corrected chi connectivity index (χ4v) is 3.91. The molecule has 0 amide bonds. The van der Waals surface area contributed by atoms with Crippen LogP contribution in [0.5, 0.6) is 0 Å². The van der Waals surface area contributed by atoms with Crippen molar-refractivity contribution in [2.45, 2.75) is 58.8 Å². The van der Waals surface area contributed by atoms with Gasteiger partial charge in [0.15, 0.2) is 0 Å². The van der Waals surface area contributed by atoms with Crippen molar-refractivity contribution >= 4 is 0 Å². The second kappa shape index (κ2) is 5.89. The molecule has 3 heteroatoms. The van der Waals surface area contributed by atoms with Crippen LogP contribution in [0.25, 0.3) is 0 Å². The lowest BCUT2D eigenvalue weighted by Crippen LogP contribution is -2.50. The largest absolute Gasteiger partial charge is 0.393 e. The molecular weight excluding hydrogens is 226 g/mol. The summed E-state index contributed by atoms with van der Waals surface area (Å²) >= 11 is 0. The van der Waals surface area contributed by atoms with E-state index in [1.165, 1.54) is 6.42 Å². The number of morpholine rings is 1. The maximum absolute atomic E-state index is 10.3. The number of aliphatic hydroxyl groups is 1. The summed E-state index contributed by atoms with van der Waals surface area (Å²) in [5.41, 5.74) is 0. The SMILES string of the molecule is CC1CC(C)C(CN2CC(C)OC(C)C2)C(O)C1. The molecule has 1 saturated heterocycles. The van der Waals surface area contributed by atoms with Crippen LogP contribution in [0.15, 0.2) is 0 Å². The minimum absolute atomic E-state index is 0.114. The van der Waals surface area contributed by atoms with E-state index in [0.29, 0.717) is 30.0 Å². The first-order valence-corrected chi connectivity index (χ1v) is 7.51. The molecule has 1 aliphatic heterocycles. The molecule has 2 fully saturated rings. The van der Waals surface area contributed by atoms with Gasteiger partial charge < -0.3 is 9.84 Å². The van der Waals surface area contributed by atoms with E-state index >= 15 is 0 Å². The van der Waals surface area contributed by atoms with E-state index in [0.717, 1.165) is 26.1 Å². The molecule has 1 aliphatic carbocycles. The van der Waals surface area contributed by atoms with Gasteiger partial charge in [0.05, 0.1) is 18.3 Å². The molecular formula is C15H29NO2. The van der Waals surface area contributed by atoms with E-state index < -0.39 is 0 Å². The molecule has 6 unspecified atom stereocenters. The van der Waals surface area contributed by atoms with Crippen molar-refractivity contribution in [3.63, 3.8) is 0 Å². The number of hydrogen-bond acceptors (Lipinski definition) is 3. The van der Waals surface area contributed by atoms with Crippen LogP contribution in [0.2, 0.25) is 0 Å². The molecule has 0 radical (unpaired) electrons. The second-order valence-corrected chi connectivity index (χ2v) is 6.76. The molecule has 3 nitrogen and oxygen atoms in total. The standard InChI is InChI=1S/C15H29NO2/c1-10-5-11(2)14(15(17)6-10)9-16-7-12(3)18-13(4)8-16/h10-15,17H,5-9H2,1-4H3. The van der Waals surface area contributed by atoms with E-state index in [1.54, 1.807) is 0 Å². The Morgan fingerprint density at radius 2 is 1.67 bits per heavy atom. The van der Waals surface area contributed by atoms with Gasteiger partial charge in [0.25, 0.3) is 0 Å². The van der Waals surface area contributed by atoms with E-state index in [1.807, 2.05) is 0 Å². The first-order chi connectivity index (χ1) is 8.45. The van der Waals surface area contributed by atoms with Crippen molar-refractivity contribution in [1.82, 2.24) is 4.90 Å². The quantitative estimate of drug-likeness (QED) is 0.820. The zero-order valence-electron chi connectivity index (χ0n) is 12.3. The zero-order chi connectivity index (χ0) is 13.3. The van der Waals surface area contributed by atoms with Crippen molar-refractivity contribution < 1.29 is 9.84 Å². The third-order valence-corrected chi connectivity index (χ3v) is 4.61. The van der Waals surface area contributed by atoms with Gasteiger partial charge in [-0.25, -0.2) is 0 Å². The van der Waals surface area contributed by atoms with Gasteiger partial charge in [-0.05, 0) is 38.5 Å². The van der Waals surface area contributed by atoms with Crippen LogP contribution < -0.4 is 0 Å². The first-order valence-electron chi connectivity index (χ1n) is 7.51. The average Bonchev–Trinajstić information content (AvgIpc) is 2.22. The second-order valence-electron chi connectivity index (χ2n) is 6.76. The molecule has 0 aromatic rings. The molecule has 0 bridgehead atoms. The van der Waals surface area contributed by atoms with Gasteiger partial charge in [0, 0.05) is 25.6 Å². The van der Waals surface area contributed by atoms with Crippen molar-refractivity contribution in [2.24, 2.45) is 17.8 Å². The minimum Gasteiger partial charge on any atom is -0.393 e.